The van der Waals surface area contributed by atoms with Gasteiger partial charge in [0, 0.05) is 0 Å². The van der Waals surface area contributed by atoms with Gasteiger partial charge in [-0.05, 0) is 18.1 Å². The number of hydrogen-bond acceptors (Lipinski definition) is 3. The maximum Gasteiger partial charge on any atom is 0.268 e. The van der Waals surface area contributed by atoms with Gasteiger partial charge in [0.1, 0.15) is 5.76 Å². The molecule has 0 spiro atoms. The molecule has 0 N–H and O–H groups in total. The summed E-state index contributed by atoms with van der Waals surface area (Å²) in [6, 6.07) is 0. The van der Waals surface area contributed by atoms with Gasteiger partial charge in [0.2, 0.25) is 0 Å². The Balaban J connectivity index is 4.80. The maximum absolute atomic E-state index is 5.96. The lowest BCUT2D eigenvalue weighted by molar-refractivity contribution is 0.138. The van der Waals surface area contributed by atoms with Crippen molar-refractivity contribution in [1.82, 2.24) is 0 Å². The number of ether oxygens (including phenoxy) is 2. The molecule has 4 heteroatoms. The van der Waals surface area contributed by atoms with Crippen molar-refractivity contribution in [2.75, 3.05) is 14.2 Å². The molecule has 16 heavy (non-hydrogen) atoms. The van der Waals surface area contributed by atoms with E-state index in [9.17, 15) is 0 Å². The maximum atomic E-state index is 5.96. The van der Waals surface area contributed by atoms with E-state index in [0.29, 0.717) is 11.7 Å². The molecule has 0 amide bonds. The Kier molecular flexibility index (Phi) is 5.13. The SMILES string of the molecule is C=C(/C=C(/OC)O[Si](C)(C)C(C)(C)C)OC. The minimum absolute atomic E-state index is 0.138. The van der Waals surface area contributed by atoms with Crippen LogP contribution in [0, 0.1) is 0 Å². The van der Waals surface area contributed by atoms with E-state index in [1.165, 1.54) is 0 Å². The van der Waals surface area contributed by atoms with Crippen LogP contribution in [0.1, 0.15) is 20.8 Å². The van der Waals surface area contributed by atoms with Crippen LogP contribution in [0.15, 0.2) is 24.4 Å². The number of methoxy groups -OCH3 is 2. The molecule has 0 bridgehead atoms. The van der Waals surface area contributed by atoms with Crippen LogP contribution >= 0.6 is 0 Å². The van der Waals surface area contributed by atoms with Crippen LogP contribution in [-0.4, -0.2) is 22.5 Å². The Bertz CT molecular complexity index is 274. The monoisotopic (exact) mass is 244 g/mol. The van der Waals surface area contributed by atoms with Gasteiger partial charge in [0.15, 0.2) is 0 Å². The van der Waals surface area contributed by atoms with Crippen LogP contribution in [0.25, 0.3) is 0 Å². The van der Waals surface area contributed by atoms with Crippen LogP contribution in [0.4, 0.5) is 0 Å². The summed E-state index contributed by atoms with van der Waals surface area (Å²) in [5.41, 5.74) is 0. The molecule has 0 aromatic carbocycles. The van der Waals surface area contributed by atoms with E-state index in [1.807, 2.05) is 0 Å². The van der Waals surface area contributed by atoms with E-state index in [1.54, 1.807) is 20.3 Å². The molecule has 94 valence electrons. The smallest absolute Gasteiger partial charge is 0.268 e. The van der Waals surface area contributed by atoms with Crippen molar-refractivity contribution in [1.29, 1.82) is 0 Å². The molecular weight excluding hydrogens is 220 g/mol. The average Bonchev–Trinajstić information content (AvgIpc) is 2.14. The van der Waals surface area contributed by atoms with Crippen molar-refractivity contribution in [3.05, 3.63) is 24.4 Å². The molecule has 3 nitrogen and oxygen atoms in total. The summed E-state index contributed by atoms with van der Waals surface area (Å²) in [7, 11) is 1.29. The Labute approximate surface area is 100 Å². The van der Waals surface area contributed by atoms with Crippen LogP contribution in [0.2, 0.25) is 18.1 Å². The zero-order valence-corrected chi connectivity index (χ0v) is 12.5. The van der Waals surface area contributed by atoms with Crippen LogP contribution in [-0.2, 0) is 13.9 Å². The van der Waals surface area contributed by atoms with Crippen LogP contribution in [0.3, 0.4) is 0 Å². The zero-order chi connectivity index (χ0) is 13.0. The molecule has 0 heterocycles. The van der Waals surface area contributed by atoms with Gasteiger partial charge in [-0.3, -0.25) is 0 Å². The highest BCUT2D eigenvalue weighted by Gasteiger charge is 2.39. The quantitative estimate of drug-likeness (QED) is 0.420. The third-order valence-corrected chi connectivity index (χ3v) is 7.23. The molecule has 0 aliphatic carbocycles. The fourth-order valence-corrected chi connectivity index (χ4v) is 1.68. The zero-order valence-electron chi connectivity index (χ0n) is 11.5. The molecule has 0 unspecified atom stereocenters. The van der Waals surface area contributed by atoms with Gasteiger partial charge in [-0.1, -0.05) is 27.4 Å². The normalized spacial score (nSPS) is 13.3. The van der Waals surface area contributed by atoms with E-state index in [2.05, 4.69) is 40.4 Å². The first-order valence-corrected chi connectivity index (χ1v) is 8.22. The van der Waals surface area contributed by atoms with Gasteiger partial charge < -0.3 is 13.9 Å². The topological polar surface area (TPSA) is 27.7 Å². The average molecular weight is 244 g/mol. The molecule has 0 aromatic heterocycles. The lowest BCUT2D eigenvalue weighted by Gasteiger charge is -2.36. The van der Waals surface area contributed by atoms with Crippen molar-refractivity contribution in [3.8, 4) is 0 Å². The molecule has 0 saturated carbocycles. The summed E-state index contributed by atoms with van der Waals surface area (Å²) in [5, 5.41) is 0.138. The molecule has 0 aromatic rings. The predicted molar refractivity (Wildman–Crippen MR) is 69.5 cm³/mol. The van der Waals surface area contributed by atoms with Crippen LogP contribution < -0.4 is 0 Å². The minimum Gasteiger partial charge on any atom is -0.519 e. The third-order valence-electron chi connectivity index (χ3n) is 2.90. The van der Waals surface area contributed by atoms with E-state index in [-0.39, 0.29) is 5.04 Å². The summed E-state index contributed by atoms with van der Waals surface area (Å²) in [6.45, 7) is 14.6. The van der Waals surface area contributed by atoms with Gasteiger partial charge >= 0.3 is 0 Å². The van der Waals surface area contributed by atoms with Gasteiger partial charge in [0.05, 0.1) is 20.3 Å². The molecule has 0 aliphatic rings. The largest absolute Gasteiger partial charge is 0.519 e. The lowest BCUT2D eigenvalue weighted by Crippen LogP contribution is -2.40. The van der Waals surface area contributed by atoms with Gasteiger partial charge in [0.25, 0.3) is 14.3 Å². The second-order valence-corrected chi connectivity index (χ2v) is 9.93. The fourth-order valence-electron chi connectivity index (χ4n) is 0.725. The molecule has 0 fully saturated rings. The molecule has 0 rings (SSSR count). The lowest BCUT2D eigenvalue weighted by atomic mass is 10.2. The summed E-state index contributed by atoms with van der Waals surface area (Å²) in [4.78, 5) is 0. The number of rotatable bonds is 5. The second kappa shape index (κ2) is 5.43. The fraction of sp³-hybridized carbons (Fsp3) is 0.667. The van der Waals surface area contributed by atoms with Crippen molar-refractivity contribution in [2.24, 2.45) is 0 Å². The highest BCUT2D eigenvalue weighted by Crippen LogP contribution is 2.38. The first-order chi connectivity index (χ1) is 7.14. The summed E-state index contributed by atoms with van der Waals surface area (Å²) in [6.07, 6.45) is 1.67. The predicted octanol–water partition coefficient (Wildman–Crippen LogP) is 3.66. The second-order valence-electron chi connectivity index (χ2n) is 5.20. The molecule has 0 aliphatic heterocycles. The Morgan fingerprint density at radius 3 is 1.94 bits per heavy atom. The van der Waals surface area contributed by atoms with Gasteiger partial charge in [-0.15, -0.1) is 0 Å². The Morgan fingerprint density at radius 1 is 1.12 bits per heavy atom. The highest BCUT2D eigenvalue weighted by molar-refractivity contribution is 6.74. The summed E-state index contributed by atoms with van der Waals surface area (Å²) >= 11 is 0. The van der Waals surface area contributed by atoms with Gasteiger partial charge in [-0.25, -0.2) is 0 Å². The Morgan fingerprint density at radius 2 is 1.62 bits per heavy atom. The molecule has 0 saturated heterocycles. The van der Waals surface area contributed by atoms with E-state index >= 15 is 0 Å². The molecule has 0 radical (unpaired) electrons. The van der Waals surface area contributed by atoms with Crippen LogP contribution in [0.5, 0.6) is 0 Å². The van der Waals surface area contributed by atoms with Crippen molar-refractivity contribution >= 4 is 8.32 Å². The third kappa shape index (κ3) is 4.31. The summed E-state index contributed by atoms with van der Waals surface area (Å²) in [5.74, 6) is 0.994. The van der Waals surface area contributed by atoms with Gasteiger partial charge in [-0.2, -0.15) is 0 Å². The van der Waals surface area contributed by atoms with E-state index in [4.69, 9.17) is 13.9 Å². The van der Waals surface area contributed by atoms with Crippen molar-refractivity contribution < 1.29 is 13.9 Å². The van der Waals surface area contributed by atoms with E-state index < -0.39 is 8.32 Å². The van der Waals surface area contributed by atoms with E-state index in [0.717, 1.165) is 0 Å². The number of hydrogen-bond donors (Lipinski definition) is 0. The molecular formula is C12H24O3Si. The summed E-state index contributed by atoms with van der Waals surface area (Å²) < 4.78 is 16.1. The first kappa shape index (κ1) is 15.1. The standard InChI is InChI=1S/C12H24O3Si/c1-10(13-5)9-11(14-6)15-16(7,8)12(2,3)4/h9H,1H2,2-8H3/b11-9-. The minimum atomic E-state index is -1.86. The first-order valence-electron chi connectivity index (χ1n) is 5.31. The van der Waals surface area contributed by atoms with Crippen molar-refractivity contribution in [2.45, 2.75) is 38.9 Å². The van der Waals surface area contributed by atoms with Crippen molar-refractivity contribution in [3.63, 3.8) is 0 Å². The number of allylic oxidation sites excluding steroid dienone is 1. The molecule has 0 atom stereocenters. The highest BCUT2D eigenvalue weighted by atomic mass is 28.4. The Hall–Kier alpha value is -0.903.